The molecule has 0 radical (unpaired) electrons. The summed E-state index contributed by atoms with van der Waals surface area (Å²) in [5, 5.41) is 2.71. The molecule has 0 saturated heterocycles. The molecule has 21 heavy (non-hydrogen) atoms. The van der Waals surface area contributed by atoms with E-state index in [4.69, 9.17) is 0 Å². The van der Waals surface area contributed by atoms with Gasteiger partial charge in [0, 0.05) is 5.69 Å². The molecule has 0 unspecified atom stereocenters. The minimum atomic E-state index is -0.658. The number of anilines is 1. The molecule has 110 valence electrons. The highest BCUT2D eigenvalue weighted by Crippen LogP contribution is 2.13. The molecular weight excluding hydrogens is 267 g/mol. The third-order valence-electron chi connectivity index (χ3n) is 3.23. The van der Waals surface area contributed by atoms with E-state index >= 15 is 0 Å². The first-order valence-electron chi connectivity index (χ1n) is 7.22. The summed E-state index contributed by atoms with van der Waals surface area (Å²) < 4.78 is 13.0. The van der Waals surface area contributed by atoms with Gasteiger partial charge in [-0.2, -0.15) is 4.39 Å². The summed E-state index contributed by atoms with van der Waals surface area (Å²) in [4.78, 5) is 15.5. The van der Waals surface area contributed by atoms with E-state index in [1.54, 1.807) is 0 Å². The highest BCUT2D eigenvalue weighted by atomic mass is 19.1. The number of aromatic nitrogens is 1. The number of unbranched alkanes of at least 4 members (excludes halogenated alkanes) is 2. The van der Waals surface area contributed by atoms with Crippen molar-refractivity contribution in [1.29, 1.82) is 0 Å². The van der Waals surface area contributed by atoms with Gasteiger partial charge in [0.1, 0.15) is 5.69 Å². The lowest BCUT2D eigenvalue weighted by atomic mass is 10.1. The number of hydrogen-bond acceptors (Lipinski definition) is 2. The fourth-order valence-corrected chi connectivity index (χ4v) is 2.06. The van der Waals surface area contributed by atoms with Crippen molar-refractivity contribution in [2.24, 2.45) is 0 Å². The first-order valence-corrected chi connectivity index (χ1v) is 7.22. The zero-order valence-corrected chi connectivity index (χ0v) is 12.1. The molecule has 0 atom stereocenters. The molecule has 0 spiro atoms. The maximum atomic E-state index is 13.0. The Bertz CT molecular complexity index is 596. The number of rotatable bonds is 6. The first kappa shape index (κ1) is 15.2. The summed E-state index contributed by atoms with van der Waals surface area (Å²) in [6.07, 6.45) is 4.65. The van der Waals surface area contributed by atoms with Gasteiger partial charge in [0.2, 0.25) is 5.95 Å². The van der Waals surface area contributed by atoms with E-state index < -0.39 is 11.9 Å². The summed E-state index contributed by atoms with van der Waals surface area (Å²) in [6.45, 7) is 2.18. The predicted octanol–water partition coefficient (Wildman–Crippen LogP) is 4.21. The summed E-state index contributed by atoms with van der Waals surface area (Å²) in [5.41, 5.74) is 2.01. The van der Waals surface area contributed by atoms with Crippen molar-refractivity contribution in [1.82, 2.24) is 4.98 Å². The summed E-state index contributed by atoms with van der Waals surface area (Å²) in [7, 11) is 0. The lowest BCUT2D eigenvalue weighted by molar-refractivity contribution is 0.102. The minimum absolute atomic E-state index is 0.0713. The van der Waals surface area contributed by atoms with Crippen molar-refractivity contribution >= 4 is 11.6 Å². The normalized spacial score (nSPS) is 10.4. The van der Waals surface area contributed by atoms with Gasteiger partial charge in [-0.3, -0.25) is 4.79 Å². The molecule has 1 amide bonds. The molecule has 0 saturated carbocycles. The van der Waals surface area contributed by atoms with Gasteiger partial charge in [0.15, 0.2) is 0 Å². The average molecular weight is 286 g/mol. The van der Waals surface area contributed by atoms with Crippen molar-refractivity contribution in [2.45, 2.75) is 32.6 Å². The SMILES string of the molecule is CCCCCc1ccc(NC(=O)c2cccc(F)n2)cc1. The molecule has 1 aromatic heterocycles. The Morgan fingerprint density at radius 2 is 1.90 bits per heavy atom. The van der Waals surface area contributed by atoms with Crippen LogP contribution in [0.2, 0.25) is 0 Å². The van der Waals surface area contributed by atoms with Crippen LogP contribution in [0.3, 0.4) is 0 Å². The fraction of sp³-hybridized carbons (Fsp3) is 0.294. The number of aryl methyl sites for hydroxylation is 1. The van der Waals surface area contributed by atoms with Gasteiger partial charge < -0.3 is 5.32 Å². The van der Waals surface area contributed by atoms with Crippen LogP contribution in [0.4, 0.5) is 10.1 Å². The quantitative estimate of drug-likeness (QED) is 0.638. The zero-order valence-electron chi connectivity index (χ0n) is 12.1. The molecule has 3 nitrogen and oxygen atoms in total. The van der Waals surface area contributed by atoms with Crippen molar-refractivity contribution in [2.75, 3.05) is 5.32 Å². The van der Waals surface area contributed by atoms with E-state index in [1.807, 2.05) is 24.3 Å². The number of nitrogens with one attached hydrogen (secondary N) is 1. The highest BCUT2D eigenvalue weighted by Gasteiger charge is 2.08. The van der Waals surface area contributed by atoms with Crippen LogP contribution < -0.4 is 5.32 Å². The number of carbonyl (C=O) groups is 1. The molecule has 1 N–H and O–H groups in total. The molecule has 1 aromatic carbocycles. The molecule has 2 rings (SSSR count). The van der Waals surface area contributed by atoms with Gasteiger partial charge in [0.25, 0.3) is 5.91 Å². The van der Waals surface area contributed by atoms with Crippen LogP contribution in [-0.4, -0.2) is 10.9 Å². The predicted molar refractivity (Wildman–Crippen MR) is 81.8 cm³/mol. The van der Waals surface area contributed by atoms with E-state index in [0.29, 0.717) is 5.69 Å². The van der Waals surface area contributed by atoms with Crippen molar-refractivity contribution in [3.8, 4) is 0 Å². The molecule has 4 heteroatoms. The number of carbonyl (C=O) groups excluding carboxylic acids is 1. The Morgan fingerprint density at radius 3 is 2.57 bits per heavy atom. The third kappa shape index (κ3) is 4.67. The van der Waals surface area contributed by atoms with Crippen LogP contribution in [0.25, 0.3) is 0 Å². The molecule has 0 aliphatic heterocycles. The Kier molecular flexibility index (Phi) is 5.43. The fourth-order valence-electron chi connectivity index (χ4n) is 2.06. The van der Waals surface area contributed by atoms with Crippen molar-refractivity contribution in [3.63, 3.8) is 0 Å². The van der Waals surface area contributed by atoms with Crippen LogP contribution >= 0.6 is 0 Å². The number of halogens is 1. The summed E-state index contributed by atoms with van der Waals surface area (Å²) in [5.74, 6) is -1.07. The lowest BCUT2D eigenvalue weighted by Gasteiger charge is -2.06. The smallest absolute Gasteiger partial charge is 0.274 e. The highest BCUT2D eigenvalue weighted by molar-refractivity contribution is 6.02. The molecule has 0 aliphatic carbocycles. The second-order valence-electron chi connectivity index (χ2n) is 4.95. The largest absolute Gasteiger partial charge is 0.321 e. The van der Waals surface area contributed by atoms with Crippen LogP contribution in [0, 0.1) is 5.95 Å². The Labute approximate surface area is 124 Å². The maximum Gasteiger partial charge on any atom is 0.274 e. The topological polar surface area (TPSA) is 42.0 Å². The number of pyridine rings is 1. The summed E-state index contributed by atoms with van der Waals surface area (Å²) >= 11 is 0. The lowest BCUT2D eigenvalue weighted by Crippen LogP contribution is -2.14. The van der Waals surface area contributed by atoms with Gasteiger partial charge in [0.05, 0.1) is 0 Å². The van der Waals surface area contributed by atoms with Gasteiger partial charge in [-0.1, -0.05) is 38.0 Å². The Hall–Kier alpha value is -2.23. The molecule has 0 bridgehead atoms. The van der Waals surface area contributed by atoms with Gasteiger partial charge in [-0.15, -0.1) is 0 Å². The van der Waals surface area contributed by atoms with Crippen molar-refractivity contribution < 1.29 is 9.18 Å². The third-order valence-corrected chi connectivity index (χ3v) is 3.23. The molecule has 0 fully saturated rings. The summed E-state index contributed by atoms with van der Waals surface area (Å²) in [6, 6.07) is 11.9. The molecule has 0 aliphatic rings. The van der Waals surface area contributed by atoms with Crippen LogP contribution in [-0.2, 0) is 6.42 Å². The average Bonchev–Trinajstić information content (AvgIpc) is 2.49. The number of amides is 1. The minimum Gasteiger partial charge on any atom is -0.321 e. The second kappa shape index (κ2) is 7.53. The standard InChI is InChI=1S/C17H19FN2O/c1-2-3-4-6-13-9-11-14(12-10-13)19-17(21)15-7-5-8-16(18)20-15/h5,7-12H,2-4,6H2,1H3,(H,19,21). The van der Waals surface area contributed by atoms with Crippen LogP contribution in [0.1, 0.15) is 42.2 Å². The number of benzene rings is 1. The Morgan fingerprint density at radius 1 is 1.14 bits per heavy atom. The molecule has 2 aromatic rings. The second-order valence-corrected chi connectivity index (χ2v) is 4.95. The maximum absolute atomic E-state index is 13.0. The molecule has 1 heterocycles. The van der Waals surface area contributed by atoms with E-state index in [-0.39, 0.29) is 5.69 Å². The zero-order chi connectivity index (χ0) is 15.1. The van der Waals surface area contributed by atoms with Crippen molar-refractivity contribution in [3.05, 3.63) is 59.7 Å². The van der Waals surface area contributed by atoms with Gasteiger partial charge in [-0.25, -0.2) is 4.98 Å². The number of nitrogens with zero attached hydrogens (tertiary/aromatic N) is 1. The van der Waals surface area contributed by atoms with E-state index in [1.165, 1.54) is 43.0 Å². The van der Waals surface area contributed by atoms with E-state index in [0.717, 1.165) is 6.42 Å². The monoisotopic (exact) mass is 286 g/mol. The van der Waals surface area contributed by atoms with Crippen LogP contribution in [0.5, 0.6) is 0 Å². The Balaban J connectivity index is 1.95. The van der Waals surface area contributed by atoms with Crippen LogP contribution in [0.15, 0.2) is 42.5 Å². The molecular formula is C17H19FN2O. The van der Waals surface area contributed by atoms with Gasteiger partial charge >= 0.3 is 0 Å². The van der Waals surface area contributed by atoms with Gasteiger partial charge in [-0.05, 0) is 42.7 Å². The van der Waals surface area contributed by atoms with E-state index in [2.05, 4.69) is 17.2 Å². The van der Waals surface area contributed by atoms with E-state index in [9.17, 15) is 9.18 Å². The first-order chi connectivity index (χ1) is 10.2. The number of hydrogen-bond donors (Lipinski definition) is 1.